The number of carbonyl (C=O) groups is 1. The Hall–Kier alpha value is -1.87. The van der Waals surface area contributed by atoms with Crippen LogP contribution in [0.5, 0.6) is 0 Å². The molecule has 1 saturated heterocycles. The van der Waals surface area contributed by atoms with Gasteiger partial charge in [-0.1, -0.05) is 12.1 Å². The molecule has 0 bridgehead atoms. The van der Waals surface area contributed by atoms with Crippen molar-refractivity contribution < 1.29 is 22.5 Å². The van der Waals surface area contributed by atoms with Crippen molar-refractivity contribution in [2.75, 3.05) is 6.54 Å². The molecule has 7 nitrogen and oxygen atoms in total. The van der Waals surface area contributed by atoms with Crippen molar-refractivity contribution >= 4 is 21.5 Å². The minimum Gasteiger partial charge on any atom is -0.300 e. The van der Waals surface area contributed by atoms with Crippen molar-refractivity contribution in [3.8, 4) is 0 Å². The molecule has 1 heterocycles. The molecule has 0 saturated carbocycles. The fraction of sp³-hybridized carbons (Fsp3) is 0.500. The molecule has 1 aromatic rings. The summed E-state index contributed by atoms with van der Waals surface area (Å²) in [5.74, 6) is -1.85. The Balaban J connectivity index is 2.34. The van der Waals surface area contributed by atoms with Crippen LogP contribution in [0.3, 0.4) is 0 Å². The molecule has 1 aromatic carbocycles. The Morgan fingerprint density at radius 3 is 2.61 bits per heavy atom. The summed E-state index contributed by atoms with van der Waals surface area (Å²) in [6.07, 6.45) is 0.198. The summed E-state index contributed by atoms with van der Waals surface area (Å²) in [5.41, 5.74) is -1.91. The maximum atomic E-state index is 14.1. The van der Waals surface area contributed by atoms with E-state index >= 15 is 0 Å². The number of nitro benzene ring substituents is 1. The molecule has 0 N–H and O–H groups in total. The molecule has 0 radical (unpaired) electrons. The molecule has 1 fully saturated rings. The lowest BCUT2D eigenvalue weighted by Crippen LogP contribution is -2.53. The lowest BCUT2D eigenvalue weighted by atomic mass is 9.92. The van der Waals surface area contributed by atoms with E-state index in [1.807, 2.05) is 0 Å². The molecule has 0 atom stereocenters. The number of ketones is 1. The third kappa shape index (κ3) is 3.56. The zero-order chi connectivity index (χ0) is 17.4. The standard InChI is InChI=1S/C14H17FN2O5S/c1-14(2)8-11(18)6-7-16(14)23(21,22)9-10-4-3-5-12(13(10)15)17(19)20/h3-5H,6-9H2,1-2H3. The highest BCUT2D eigenvalue weighted by Gasteiger charge is 2.41. The molecule has 0 amide bonds. The maximum Gasteiger partial charge on any atom is 0.305 e. The number of nitro groups is 1. The minimum atomic E-state index is -3.91. The first kappa shape index (κ1) is 17.5. The average Bonchev–Trinajstić information content (AvgIpc) is 2.38. The van der Waals surface area contributed by atoms with Gasteiger partial charge in [-0.15, -0.1) is 0 Å². The number of piperidine rings is 1. The summed E-state index contributed by atoms with van der Waals surface area (Å²) in [7, 11) is -3.91. The summed E-state index contributed by atoms with van der Waals surface area (Å²) < 4.78 is 40.5. The van der Waals surface area contributed by atoms with Crippen molar-refractivity contribution in [2.45, 2.75) is 38.0 Å². The van der Waals surface area contributed by atoms with Crippen LogP contribution in [0, 0.1) is 15.9 Å². The third-order valence-electron chi connectivity index (χ3n) is 3.83. The van der Waals surface area contributed by atoms with Gasteiger partial charge in [-0.25, -0.2) is 8.42 Å². The smallest absolute Gasteiger partial charge is 0.300 e. The molecule has 0 spiro atoms. The second-order valence-electron chi connectivity index (χ2n) is 6.11. The summed E-state index contributed by atoms with van der Waals surface area (Å²) in [6, 6.07) is 3.44. The van der Waals surface area contributed by atoms with E-state index in [-0.39, 0.29) is 30.7 Å². The normalized spacial score (nSPS) is 18.8. The lowest BCUT2D eigenvalue weighted by molar-refractivity contribution is -0.387. The Bertz CT molecular complexity index is 760. The predicted octanol–water partition coefficient (Wildman–Crippen LogP) is 2.01. The molecule has 23 heavy (non-hydrogen) atoms. The molecular formula is C14H17FN2O5S. The van der Waals surface area contributed by atoms with E-state index in [0.717, 1.165) is 6.07 Å². The van der Waals surface area contributed by atoms with Crippen LogP contribution >= 0.6 is 0 Å². The first-order valence-corrected chi connectivity index (χ1v) is 8.59. The third-order valence-corrected chi connectivity index (χ3v) is 5.85. The number of rotatable bonds is 4. The van der Waals surface area contributed by atoms with Crippen molar-refractivity contribution in [2.24, 2.45) is 0 Å². The highest BCUT2D eigenvalue weighted by molar-refractivity contribution is 7.88. The van der Waals surface area contributed by atoms with Gasteiger partial charge in [0.2, 0.25) is 15.8 Å². The number of benzene rings is 1. The first-order valence-electron chi connectivity index (χ1n) is 6.98. The van der Waals surface area contributed by atoms with Crippen molar-refractivity contribution in [1.82, 2.24) is 4.31 Å². The Morgan fingerprint density at radius 1 is 1.39 bits per heavy atom. The van der Waals surface area contributed by atoms with Gasteiger partial charge in [0, 0.05) is 36.6 Å². The predicted molar refractivity (Wildman–Crippen MR) is 80.7 cm³/mol. The number of hydrogen-bond acceptors (Lipinski definition) is 5. The zero-order valence-electron chi connectivity index (χ0n) is 12.8. The number of hydrogen-bond donors (Lipinski definition) is 0. The van der Waals surface area contributed by atoms with E-state index in [2.05, 4.69) is 0 Å². The number of sulfonamides is 1. The quantitative estimate of drug-likeness (QED) is 0.615. The van der Waals surface area contributed by atoms with E-state index in [9.17, 15) is 27.7 Å². The summed E-state index contributed by atoms with van der Waals surface area (Å²) in [4.78, 5) is 21.4. The highest BCUT2D eigenvalue weighted by atomic mass is 32.2. The van der Waals surface area contributed by atoms with E-state index in [4.69, 9.17) is 0 Å². The first-order chi connectivity index (χ1) is 10.5. The minimum absolute atomic E-state index is 0.0250. The fourth-order valence-corrected chi connectivity index (χ4v) is 4.76. The van der Waals surface area contributed by atoms with Crippen molar-refractivity contribution in [3.63, 3.8) is 0 Å². The van der Waals surface area contributed by atoms with Gasteiger partial charge in [-0.2, -0.15) is 8.70 Å². The van der Waals surface area contributed by atoms with Gasteiger partial charge < -0.3 is 0 Å². The van der Waals surface area contributed by atoms with Crippen LogP contribution in [0.4, 0.5) is 10.1 Å². The maximum absolute atomic E-state index is 14.1. The number of nitrogens with zero attached hydrogens (tertiary/aromatic N) is 2. The van der Waals surface area contributed by atoms with Gasteiger partial charge >= 0.3 is 5.69 Å². The van der Waals surface area contributed by atoms with Gasteiger partial charge in [0.25, 0.3) is 0 Å². The molecule has 1 aliphatic heterocycles. The molecule has 0 aromatic heterocycles. The van der Waals surface area contributed by atoms with E-state index in [1.165, 1.54) is 16.4 Å². The van der Waals surface area contributed by atoms with Gasteiger partial charge in [-0.05, 0) is 13.8 Å². The molecule has 126 valence electrons. The summed E-state index contributed by atoms with van der Waals surface area (Å²) in [6.45, 7) is 3.29. The van der Waals surface area contributed by atoms with E-state index in [0.29, 0.717) is 0 Å². The van der Waals surface area contributed by atoms with Crippen molar-refractivity contribution in [3.05, 3.63) is 39.7 Å². The van der Waals surface area contributed by atoms with Gasteiger partial charge in [0.1, 0.15) is 5.78 Å². The van der Waals surface area contributed by atoms with Crippen LogP contribution in [-0.4, -0.2) is 35.5 Å². The molecular weight excluding hydrogens is 327 g/mol. The largest absolute Gasteiger partial charge is 0.305 e. The average molecular weight is 344 g/mol. The van der Waals surface area contributed by atoms with Crippen LogP contribution in [0.25, 0.3) is 0 Å². The molecule has 1 aliphatic rings. The van der Waals surface area contributed by atoms with Gasteiger partial charge in [0.15, 0.2) is 0 Å². The van der Waals surface area contributed by atoms with E-state index < -0.39 is 37.7 Å². The molecule has 0 unspecified atom stereocenters. The fourth-order valence-electron chi connectivity index (χ4n) is 2.80. The number of halogens is 1. The van der Waals surface area contributed by atoms with Crippen molar-refractivity contribution in [1.29, 1.82) is 0 Å². The van der Waals surface area contributed by atoms with Gasteiger partial charge in [0.05, 0.1) is 10.7 Å². The summed E-state index contributed by atoms with van der Waals surface area (Å²) >= 11 is 0. The highest BCUT2D eigenvalue weighted by Crippen LogP contribution is 2.31. The van der Waals surface area contributed by atoms with Crippen LogP contribution in [0.1, 0.15) is 32.3 Å². The topological polar surface area (TPSA) is 97.6 Å². The van der Waals surface area contributed by atoms with E-state index in [1.54, 1.807) is 13.8 Å². The summed E-state index contributed by atoms with van der Waals surface area (Å²) in [5, 5.41) is 10.7. The van der Waals surface area contributed by atoms with Gasteiger partial charge in [-0.3, -0.25) is 14.9 Å². The number of carbonyl (C=O) groups excluding carboxylic acids is 1. The molecule has 2 rings (SSSR count). The van der Waals surface area contributed by atoms with Crippen LogP contribution in [0.2, 0.25) is 0 Å². The van der Waals surface area contributed by atoms with Crippen LogP contribution < -0.4 is 0 Å². The second kappa shape index (κ2) is 5.97. The molecule has 0 aliphatic carbocycles. The Morgan fingerprint density at radius 2 is 2.04 bits per heavy atom. The monoisotopic (exact) mass is 344 g/mol. The zero-order valence-corrected chi connectivity index (χ0v) is 13.6. The molecule has 9 heteroatoms. The second-order valence-corrected chi connectivity index (χ2v) is 8.01. The Labute approximate surface area is 133 Å². The van der Waals surface area contributed by atoms with Crippen LogP contribution in [0.15, 0.2) is 18.2 Å². The van der Waals surface area contributed by atoms with Crippen LogP contribution in [-0.2, 0) is 20.6 Å². The lowest BCUT2D eigenvalue weighted by Gasteiger charge is -2.40. The number of Topliss-reactive ketones (excluding diaryl/α,β-unsaturated/α-hetero) is 1. The Kier molecular flexibility index (Phi) is 4.54. The SMILES string of the molecule is CC1(C)CC(=O)CCN1S(=O)(=O)Cc1cccc([N+](=O)[O-])c1F.